The second-order valence-electron chi connectivity index (χ2n) is 7.59. The van der Waals surface area contributed by atoms with Crippen molar-refractivity contribution in [3.63, 3.8) is 0 Å². The lowest BCUT2D eigenvalue weighted by atomic mass is 10.0. The van der Waals surface area contributed by atoms with Gasteiger partial charge in [0.15, 0.2) is 0 Å². The molecule has 2 N–H and O–H groups in total. The van der Waals surface area contributed by atoms with E-state index in [4.69, 9.17) is 5.11 Å². The molecule has 1 rings (SSSR count). The molecule has 0 bridgehead atoms. The summed E-state index contributed by atoms with van der Waals surface area (Å²) in [7, 11) is 0. The van der Waals surface area contributed by atoms with Gasteiger partial charge in [0.05, 0.1) is 0 Å². The summed E-state index contributed by atoms with van der Waals surface area (Å²) in [6.07, 6.45) is 16.9. The second-order valence-corrected chi connectivity index (χ2v) is 7.59. The first-order valence-corrected chi connectivity index (χ1v) is 10.9. The number of nitrogens with zero attached hydrogens (tertiary/aromatic N) is 1. The minimum absolute atomic E-state index is 0.225. The highest BCUT2D eigenvalue weighted by Crippen LogP contribution is 2.14. The highest BCUT2D eigenvalue weighted by atomic mass is 16.5. The molecule has 0 unspecified atom stereocenters. The summed E-state index contributed by atoms with van der Waals surface area (Å²) >= 11 is 0. The summed E-state index contributed by atoms with van der Waals surface area (Å²) in [5, 5.41) is 18.3. The van der Waals surface area contributed by atoms with Gasteiger partial charge < -0.3 is 5.11 Å². The number of aliphatic carboxylic acids is 1. The van der Waals surface area contributed by atoms with Crippen LogP contribution in [0.3, 0.4) is 0 Å². The van der Waals surface area contributed by atoms with Crippen molar-refractivity contribution in [1.29, 1.82) is 0 Å². The lowest BCUT2D eigenvalue weighted by Crippen LogP contribution is -2.32. The highest BCUT2D eigenvalue weighted by Gasteiger charge is 2.16. The van der Waals surface area contributed by atoms with Crippen molar-refractivity contribution in [1.82, 2.24) is 5.06 Å². The maximum absolute atomic E-state index is 11.9. The van der Waals surface area contributed by atoms with Gasteiger partial charge in [-0.05, 0) is 30.5 Å². The Balaban J connectivity index is 2.08. The van der Waals surface area contributed by atoms with Crippen LogP contribution in [-0.4, -0.2) is 33.8 Å². The lowest BCUT2D eigenvalue weighted by Gasteiger charge is -2.12. The molecule has 0 atom stereocenters. The Kier molecular flexibility index (Phi) is 13.0. The molecule has 0 heterocycles. The zero-order valence-corrected chi connectivity index (χ0v) is 17.4. The van der Waals surface area contributed by atoms with Crippen molar-refractivity contribution in [3.05, 3.63) is 35.4 Å². The third kappa shape index (κ3) is 11.1. The van der Waals surface area contributed by atoms with E-state index in [1.165, 1.54) is 70.6 Å². The Hall–Kier alpha value is -1.88. The van der Waals surface area contributed by atoms with Crippen LogP contribution >= 0.6 is 0 Å². The number of carboxylic acid groups (broad SMARTS) is 1. The largest absolute Gasteiger partial charge is 0.480 e. The van der Waals surface area contributed by atoms with Gasteiger partial charge in [0.25, 0.3) is 5.91 Å². The van der Waals surface area contributed by atoms with Crippen molar-refractivity contribution < 1.29 is 19.9 Å². The smallest absolute Gasteiger partial charge is 0.325 e. The first kappa shape index (κ1) is 24.2. The molecule has 1 amide bonds. The molecule has 0 spiro atoms. The van der Waals surface area contributed by atoms with Crippen molar-refractivity contribution in [2.75, 3.05) is 6.54 Å². The number of carbonyl (C=O) groups excluding carboxylic acids is 1. The van der Waals surface area contributed by atoms with E-state index in [0.717, 1.165) is 18.4 Å². The lowest BCUT2D eigenvalue weighted by molar-refractivity contribution is -0.146. The number of unbranched alkanes of at least 4 members (excludes halogenated alkanes) is 11. The SMILES string of the molecule is CCCCCCCCCCCCCCc1ccc(C(=O)N(O)CC(=O)O)cc1. The van der Waals surface area contributed by atoms with E-state index in [0.29, 0.717) is 5.56 Å². The van der Waals surface area contributed by atoms with Crippen LogP contribution < -0.4 is 0 Å². The Morgan fingerprint density at radius 1 is 0.786 bits per heavy atom. The molecule has 5 heteroatoms. The summed E-state index contributed by atoms with van der Waals surface area (Å²) in [6, 6.07) is 7.03. The third-order valence-electron chi connectivity index (χ3n) is 5.04. The number of hydrogen-bond donors (Lipinski definition) is 2. The maximum atomic E-state index is 11.9. The summed E-state index contributed by atoms with van der Waals surface area (Å²) in [5.41, 5.74) is 1.45. The van der Waals surface area contributed by atoms with Gasteiger partial charge in [-0.3, -0.25) is 14.8 Å². The average molecular weight is 392 g/mol. The summed E-state index contributed by atoms with van der Waals surface area (Å²) in [4.78, 5) is 22.4. The Labute approximate surface area is 169 Å². The summed E-state index contributed by atoms with van der Waals surface area (Å²) in [6.45, 7) is 1.53. The van der Waals surface area contributed by atoms with Crippen molar-refractivity contribution in [2.24, 2.45) is 0 Å². The normalized spacial score (nSPS) is 10.8. The first-order chi connectivity index (χ1) is 13.5. The molecule has 1 aromatic carbocycles. The van der Waals surface area contributed by atoms with E-state index in [9.17, 15) is 14.8 Å². The molecule has 28 heavy (non-hydrogen) atoms. The summed E-state index contributed by atoms with van der Waals surface area (Å²) < 4.78 is 0. The van der Waals surface area contributed by atoms with E-state index < -0.39 is 18.4 Å². The number of rotatable bonds is 16. The predicted octanol–water partition coefficient (Wildman–Crippen LogP) is 5.85. The molecule has 0 aliphatic rings. The second kappa shape index (κ2) is 15.1. The minimum Gasteiger partial charge on any atom is -0.480 e. The molecule has 0 fully saturated rings. The predicted molar refractivity (Wildman–Crippen MR) is 112 cm³/mol. The molecule has 0 aliphatic heterocycles. The van der Waals surface area contributed by atoms with E-state index >= 15 is 0 Å². The van der Waals surface area contributed by atoms with Gasteiger partial charge in [-0.15, -0.1) is 0 Å². The quantitative estimate of drug-likeness (QED) is 0.211. The van der Waals surface area contributed by atoms with Crippen LogP contribution in [-0.2, 0) is 11.2 Å². The molecular weight excluding hydrogens is 354 g/mol. The number of aryl methyl sites for hydroxylation is 1. The van der Waals surface area contributed by atoms with E-state index in [1.54, 1.807) is 12.1 Å². The van der Waals surface area contributed by atoms with Crippen LogP contribution in [0.5, 0.6) is 0 Å². The van der Waals surface area contributed by atoms with Gasteiger partial charge in [-0.25, -0.2) is 5.06 Å². The monoisotopic (exact) mass is 391 g/mol. The average Bonchev–Trinajstić information content (AvgIpc) is 2.68. The molecule has 0 radical (unpaired) electrons. The first-order valence-electron chi connectivity index (χ1n) is 10.9. The zero-order valence-electron chi connectivity index (χ0n) is 17.4. The minimum atomic E-state index is -1.25. The fourth-order valence-electron chi connectivity index (χ4n) is 3.33. The number of amides is 1. The number of benzene rings is 1. The Bertz CT molecular complexity index is 556. The molecule has 5 nitrogen and oxygen atoms in total. The molecule has 158 valence electrons. The van der Waals surface area contributed by atoms with Crippen LogP contribution in [0.1, 0.15) is 99.9 Å². The standard InChI is InChI=1S/C23H37NO4/c1-2-3-4-5-6-7-8-9-10-11-12-13-14-20-15-17-21(18-16-20)23(27)24(28)19-22(25)26/h15-18,28H,2-14,19H2,1H3,(H,25,26). The van der Waals surface area contributed by atoms with Gasteiger partial charge in [0.2, 0.25) is 0 Å². The van der Waals surface area contributed by atoms with Gasteiger partial charge in [0, 0.05) is 5.56 Å². The molecular formula is C23H37NO4. The Morgan fingerprint density at radius 3 is 1.71 bits per heavy atom. The van der Waals surface area contributed by atoms with Gasteiger partial charge in [0.1, 0.15) is 6.54 Å². The maximum Gasteiger partial charge on any atom is 0.325 e. The fraction of sp³-hybridized carbons (Fsp3) is 0.652. The molecule has 0 aliphatic carbocycles. The molecule has 0 saturated heterocycles. The molecule has 0 saturated carbocycles. The van der Waals surface area contributed by atoms with Crippen molar-refractivity contribution in [2.45, 2.75) is 90.4 Å². The van der Waals surface area contributed by atoms with Gasteiger partial charge in [-0.1, -0.05) is 89.7 Å². The van der Waals surface area contributed by atoms with Crippen LogP contribution in [0.15, 0.2) is 24.3 Å². The van der Waals surface area contributed by atoms with E-state index in [2.05, 4.69) is 6.92 Å². The fourth-order valence-corrected chi connectivity index (χ4v) is 3.33. The van der Waals surface area contributed by atoms with Crippen LogP contribution in [0, 0.1) is 0 Å². The van der Waals surface area contributed by atoms with E-state index in [-0.39, 0.29) is 5.06 Å². The number of carbonyl (C=O) groups is 2. The van der Waals surface area contributed by atoms with E-state index in [1.807, 2.05) is 12.1 Å². The van der Waals surface area contributed by atoms with Gasteiger partial charge >= 0.3 is 5.97 Å². The number of carboxylic acids is 1. The number of hydrogen-bond acceptors (Lipinski definition) is 3. The van der Waals surface area contributed by atoms with Crippen LogP contribution in [0.4, 0.5) is 0 Å². The zero-order chi connectivity index (χ0) is 20.6. The Morgan fingerprint density at radius 2 is 1.25 bits per heavy atom. The number of hydroxylamine groups is 2. The topological polar surface area (TPSA) is 77.8 Å². The van der Waals surface area contributed by atoms with Gasteiger partial charge in [-0.2, -0.15) is 0 Å². The van der Waals surface area contributed by atoms with Crippen molar-refractivity contribution >= 4 is 11.9 Å². The molecule has 0 aromatic heterocycles. The molecule has 1 aromatic rings. The highest BCUT2D eigenvalue weighted by molar-refractivity contribution is 5.94. The van der Waals surface area contributed by atoms with Crippen LogP contribution in [0.25, 0.3) is 0 Å². The summed E-state index contributed by atoms with van der Waals surface area (Å²) in [5.74, 6) is -1.95. The third-order valence-corrected chi connectivity index (χ3v) is 5.04. The van der Waals surface area contributed by atoms with Crippen LogP contribution in [0.2, 0.25) is 0 Å². The van der Waals surface area contributed by atoms with Crippen molar-refractivity contribution in [3.8, 4) is 0 Å².